The Morgan fingerprint density at radius 1 is 1.38 bits per heavy atom. The molecule has 1 atom stereocenters. The molecule has 116 valence electrons. The van der Waals surface area contributed by atoms with E-state index in [1.807, 2.05) is 0 Å². The number of sulfonamides is 1. The van der Waals surface area contributed by atoms with Gasteiger partial charge in [-0.25, -0.2) is 18.2 Å². The number of carboxylic acids is 1. The van der Waals surface area contributed by atoms with Gasteiger partial charge in [0.15, 0.2) is 0 Å². The van der Waals surface area contributed by atoms with E-state index >= 15 is 0 Å². The van der Waals surface area contributed by atoms with Gasteiger partial charge < -0.3 is 10.0 Å². The van der Waals surface area contributed by atoms with Crippen LogP contribution in [0.4, 0.5) is 5.82 Å². The maximum atomic E-state index is 12.3. The lowest BCUT2D eigenvalue weighted by atomic mass is 10.3. The second kappa shape index (κ2) is 5.98. The average molecular weight is 313 g/mol. The van der Waals surface area contributed by atoms with Gasteiger partial charge in [0.2, 0.25) is 10.0 Å². The van der Waals surface area contributed by atoms with Crippen LogP contribution in [0.1, 0.15) is 19.8 Å². The van der Waals surface area contributed by atoms with E-state index in [4.69, 9.17) is 5.11 Å². The van der Waals surface area contributed by atoms with E-state index < -0.39 is 22.0 Å². The molecular weight excluding hydrogens is 294 g/mol. The summed E-state index contributed by atoms with van der Waals surface area (Å²) in [6.45, 7) is 2.62. The molecule has 0 aliphatic carbocycles. The van der Waals surface area contributed by atoms with E-state index in [0.717, 1.165) is 12.8 Å². The molecular formula is C13H19N3O4S. The van der Waals surface area contributed by atoms with Crippen LogP contribution in [0.2, 0.25) is 0 Å². The largest absolute Gasteiger partial charge is 0.480 e. The summed E-state index contributed by atoms with van der Waals surface area (Å²) in [4.78, 5) is 16.6. The molecule has 1 aromatic rings. The van der Waals surface area contributed by atoms with Crippen LogP contribution in [0.5, 0.6) is 0 Å². The summed E-state index contributed by atoms with van der Waals surface area (Å²) in [6, 6.07) is 2.27. The normalized spacial score (nSPS) is 17.6. The average Bonchev–Trinajstić information content (AvgIpc) is 3.00. The Hall–Kier alpha value is -1.67. The number of hydrogen-bond donors (Lipinski definition) is 1. The highest BCUT2D eigenvalue weighted by Gasteiger charge is 2.27. The summed E-state index contributed by atoms with van der Waals surface area (Å²) in [5.41, 5.74) is 0. The topological polar surface area (TPSA) is 90.8 Å². The zero-order valence-electron chi connectivity index (χ0n) is 12.1. The first-order valence-corrected chi connectivity index (χ1v) is 8.20. The van der Waals surface area contributed by atoms with Crippen molar-refractivity contribution >= 4 is 21.8 Å². The molecule has 0 saturated carbocycles. The first kappa shape index (κ1) is 15.7. The maximum absolute atomic E-state index is 12.3. The third-order valence-corrected chi connectivity index (χ3v) is 5.61. The Morgan fingerprint density at radius 3 is 2.48 bits per heavy atom. The SMILES string of the molecule is CC(C(=O)O)N(C)c1ccc(S(=O)(=O)N2CCCC2)cn1. The van der Waals surface area contributed by atoms with Gasteiger partial charge in [-0.1, -0.05) is 0 Å². The van der Waals surface area contributed by atoms with Gasteiger partial charge in [-0.3, -0.25) is 0 Å². The zero-order chi connectivity index (χ0) is 15.6. The van der Waals surface area contributed by atoms with Crippen LogP contribution in [0.3, 0.4) is 0 Å². The van der Waals surface area contributed by atoms with Crippen molar-refractivity contribution in [2.75, 3.05) is 25.0 Å². The van der Waals surface area contributed by atoms with E-state index in [2.05, 4.69) is 4.98 Å². The van der Waals surface area contributed by atoms with Crippen molar-refractivity contribution in [1.29, 1.82) is 0 Å². The molecule has 1 saturated heterocycles. The maximum Gasteiger partial charge on any atom is 0.326 e. The highest BCUT2D eigenvalue weighted by molar-refractivity contribution is 7.89. The van der Waals surface area contributed by atoms with Crippen LogP contribution < -0.4 is 4.90 Å². The molecule has 7 nitrogen and oxygen atoms in total. The van der Waals surface area contributed by atoms with Crippen LogP contribution in [0, 0.1) is 0 Å². The van der Waals surface area contributed by atoms with E-state index in [-0.39, 0.29) is 4.90 Å². The molecule has 0 spiro atoms. The van der Waals surface area contributed by atoms with Gasteiger partial charge in [-0.05, 0) is 31.9 Å². The van der Waals surface area contributed by atoms with E-state index in [9.17, 15) is 13.2 Å². The second-order valence-corrected chi connectivity index (χ2v) is 7.03. The number of carboxylic acid groups (broad SMARTS) is 1. The third kappa shape index (κ3) is 3.16. The summed E-state index contributed by atoms with van der Waals surface area (Å²) < 4.78 is 26.1. The Morgan fingerprint density at radius 2 is 2.00 bits per heavy atom. The van der Waals surface area contributed by atoms with Gasteiger partial charge in [-0.15, -0.1) is 0 Å². The molecule has 1 aliphatic rings. The van der Waals surface area contributed by atoms with E-state index in [1.165, 1.54) is 27.5 Å². The number of rotatable bonds is 5. The number of aliphatic carboxylic acids is 1. The molecule has 0 bridgehead atoms. The molecule has 8 heteroatoms. The monoisotopic (exact) mass is 313 g/mol. The summed E-state index contributed by atoms with van der Waals surface area (Å²) in [7, 11) is -1.87. The Kier molecular flexibility index (Phi) is 4.48. The minimum Gasteiger partial charge on any atom is -0.480 e. The summed E-state index contributed by atoms with van der Waals surface area (Å²) >= 11 is 0. The summed E-state index contributed by atoms with van der Waals surface area (Å²) in [6.07, 6.45) is 3.04. The second-order valence-electron chi connectivity index (χ2n) is 5.09. The van der Waals surface area contributed by atoms with Crippen molar-refractivity contribution in [3.63, 3.8) is 0 Å². The summed E-state index contributed by atoms with van der Waals surface area (Å²) in [5, 5.41) is 8.97. The van der Waals surface area contributed by atoms with Gasteiger partial charge in [0, 0.05) is 26.3 Å². The minimum absolute atomic E-state index is 0.143. The Labute approximate surface area is 124 Å². The van der Waals surface area contributed by atoms with Crippen molar-refractivity contribution < 1.29 is 18.3 Å². The Bertz CT molecular complexity index is 609. The molecule has 2 rings (SSSR count). The van der Waals surface area contributed by atoms with Gasteiger partial charge >= 0.3 is 5.97 Å². The molecule has 0 amide bonds. The van der Waals surface area contributed by atoms with Crippen LogP contribution in [-0.4, -0.2) is 55.0 Å². The number of nitrogens with zero attached hydrogens (tertiary/aromatic N) is 3. The number of aromatic nitrogens is 1. The van der Waals surface area contributed by atoms with Crippen molar-refractivity contribution in [3.05, 3.63) is 18.3 Å². The van der Waals surface area contributed by atoms with Crippen LogP contribution in [0.15, 0.2) is 23.2 Å². The number of likely N-dealkylation sites (N-methyl/N-ethyl adjacent to an activating group) is 1. The fraction of sp³-hybridized carbons (Fsp3) is 0.538. The lowest BCUT2D eigenvalue weighted by molar-refractivity contribution is -0.138. The summed E-state index contributed by atoms with van der Waals surface area (Å²) in [5.74, 6) is -0.543. The number of anilines is 1. The van der Waals surface area contributed by atoms with Gasteiger partial charge in [-0.2, -0.15) is 4.31 Å². The molecule has 1 aromatic heterocycles. The minimum atomic E-state index is -3.48. The first-order chi connectivity index (χ1) is 9.84. The zero-order valence-corrected chi connectivity index (χ0v) is 12.9. The molecule has 1 aliphatic heterocycles. The molecule has 0 aromatic carbocycles. The van der Waals surface area contributed by atoms with Gasteiger partial charge in [0.25, 0.3) is 0 Å². The van der Waals surface area contributed by atoms with Gasteiger partial charge in [0.1, 0.15) is 16.8 Å². The fourth-order valence-corrected chi connectivity index (χ4v) is 3.64. The smallest absolute Gasteiger partial charge is 0.326 e. The van der Waals surface area contributed by atoms with Gasteiger partial charge in [0.05, 0.1) is 0 Å². The Balaban J connectivity index is 2.21. The molecule has 0 radical (unpaired) electrons. The molecule has 1 fully saturated rings. The number of carbonyl (C=O) groups is 1. The highest BCUT2D eigenvalue weighted by atomic mass is 32.2. The standard InChI is InChI=1S/C13H19N3O4S/c1-10(13(17)18)15(2)12-6-5-11(9-14-12)21(19,20)16-7-3-4-8-16/h5-6,9-10H,3-4,7-8H2,1-2H3,(H,17,18). The molecule has 1 unspecified atom stereocenters. The van der Waals surface area contributed by atoms with Crippen molar-refractivity contribution in [2.45, 2.75) is 30.7 Å². The fourth-order valence-electron chi connectivity index (χ4n) is 2.18. The van der Waals surface area contributed by atoms with Crippen LogP contribution in [-0.2, 0) is 14.8 Å². The van der Waals surface area contributed by atoms with Crippen LogP contribution in [0.25, 0.3) is 0 Å². The van der Waals surface area contributed by atoms with Crippen molar-refractivity contribution in [1.82, 2.24) is 9.29 Å². The lowest BCUT2D eigenvalue weighted by Gasteiger charge is -2.22. The highest BCUT2D eigenvalue weighted by Crippen LogP contribution is 2.22. The molecule has 21 heavy (non-hydrogen) atoms. The quantitative estimate of drug-likeness (QED) is 0.863. The molecule has 1 N–H and O–H groups in total. The number of pyridine rings is 1. The number of hydrogen-bond acceptors (Lipinski definition) is 5. The van der Waals surface area contributed by atoms with Crippen LogP contribution >= 0.6 is 0 Å². The van der Waals surface area contributed by atoms with Crippen molar-refractivity contribution in [3.8, 4) is 0 Å². The molecule has 2 heterocycles. The van der Waals surface area contributed by atoms with E-state index in [0.29, 0.717) is 18.9 Å². The van der Waals surface area contributed by atoms with E-state index in [1.54, 1.807) is 14.0 Å². The van der Waals surface area contributed by atoms with Crippen molar-refractivity contribution in [2.24, 2.45) is 0 Å². The third-order valence-electron chi connectivity index (χ3n) is 3.72. The predicted octanol–water partition coefficient (Wildman–Crippen LogP) is 0.775. The predicted molar refractivity (Wildman–Crippen MR) is 77.7 cm³/mol. The first-order valence-electron chi connectivity index (χ1n) is 6.76. The lowest BCUT2D eigenvalue weighted by Crippen LogP contribution is -2.36.